The second kappa shape index (κ2) is 6.51. The van der Waals surface area contributed by atoms with Gasteiger partial charge in [0.25, 0.3) is 0 Å². The number of carbonyl (C=O) groups is 1. The van der Waals surface area contributed by atoms with E-state index in [2.05, 4.69) is 4.74 Å². The minimum absolute atomic E-state index is 0. The third kappa shape index (κ3) is 3.83. The number of methoxy groups -OCH3 is 1. The van der Waals surface area contributed by atoms with E-state index in [-0.39, 0.29) is 30.8 Å². The quantitative estimate of drug-likeness (QED) is 0.829. The van der Waals surface area contributed by atoms with E-state index in [9.17, 15) is 4.79 Å². The third-order valence-corrected chi connectivity index (χ3v) is 2.57. The Morgan fingerprint density at radius 1 is 1.38 bits per heavy atom. The van der Waals surface area contributed by atoms with Crippen molar-refractivity contribution in [2.45, 2.75) is 26.3 Å². The molecule has 1 rings (SSSR count). The SMILES string of the molecule is COC(=O)C[C@@H](N)c1ccc(C)c(C)c1.Cl. The van der Waals surface area contributed by atoms with Gasteiger partial charge in [0, 0.05) is 6.04 Å². The number of esters is 1. The van der Waals surface area contributed by atoms with Crippen LogP contribution in [0, 0.1) is 13.8 Å². The number of benzene rings is 1. The Morgan fingerprint density at radius 3 is 2.50 bits per heavy atom. The number of halogens is 1. The predicted octanol–water partition coefficient (Wildman–Crippen LogP) is 2.29. The van der Waals surface area contributed by atoms with Crippen LogP contribution in [0.2, 0.25) is 0 Å². The van der Waals surface area contributed by atoms with Crippen LogP contribution >= 0.6 is 12.4 Å². The summed E-state index contributed by atoms with van der Waals surface area (Å²) in [5.74, 6) is -0.277. The number of aryl methyl sites for hydroxylation is 2. The fourth-order valence-electron chi connectivity index (χ4n) is 1.38. The van der Waals surface area contributed by atoms with Crippen LogP contribution in [0.5, 0.6) is 0 Å². The van der Waals surface area contributed by atoms with Crippen LogP contribution < -0.4 is 5.73 Å². The largest absolute Gasteiger partial charge is 0.469 e. The van der Waals surface area contributed by atoms with Crippen molar-refractivity contribution in [2.75, 3.05) is 7.11 Å². The van der Waals surface area contributed by atoms with Crippen LogP contribution in [0.15, 0.2) is 18.2 Å². The molecule has 0 aliphatic heterocycles. The lowest BCUT2D eigenvalue weighted by Gasteiger charge is -2.12. The third-order valence-electron chi connectivity index (χ3n) is 2.57. The molecule has 0 heterocycles. The van der Waals surface area contributed by atoms with Crippen molar-refractivity contribution in [1.82, 2.24) is 0 Å². The Kier molecular flexibility index (Phi) is 6.08. The molecule has 0 fully saturated rings. The first kappa shape index (κ1) is 14.9. The summed E-state index contributed by atoms with van der Waals surface area (Å²) < 4.78 is 4.58. The lowest BCUT2D eigenvalue weighted by atomic mass is 10.00. The maximum Gasteiger partial charge on any atom is 0.307 e. The molecule has 4 heteroatoms. The molecule has 0 saturated heterocycles. The van der Waals surface area contributed by atoms with Gasteiger partial charge < -0.3 is 10.5 Å². The van der Waals surface area contributed by atoms with Gasteiger partial charge in [-0.1, -0.05) is 18.2 Å². The average molecular weight is 244 g/mol. The fraction of sp³-hybridized carbons (Fsp3) is 0.417. The van der Waals surface area contributed by atoms with Crippen LogP contribution in [0.1, 0.15) is 29.2 Å². The number of ether oxygens (including phenoxy) is 1. The van der Waals surface area contributed by atoms with Crippen LogP contribution in [0.25, 0.3) is 0 Å². The van der Waals surface area contributed by atoms with E-state index < -0.39 is 0 Å². The molecule has 1 aromatic carbocycles. The lowest BCUT2D eigenvalue weighted by molar-refractivity contribution is -0.141. The molecule has 0 aliphatic carbocycles. The van der Waals surface area contributed by atoms with Crippen LogP contribution in [-0.2, 0) is 9.53 Å². The molecule has 1 aromatic rings. The molecule has 90 valence electrons. The van der Waals surface area contributed by atoms with Gasteiger partial charge in [0.15, 0.2) is 0 Å². The highest BCUT2D eigenvalue weighted by molar-refractivity contribution is 5.85. The van der Waals surface area contributed by atoms with Gasteiger partial charge in [-0.3, -0.25) is 4.79 Å². The first-order valence-electron chi connectivity index (χ1n) is 4.94. The summed E-state index contributed by atoms with van der Waals surface area (Å²) >= 11 is 0. The topological polar surface area (TPSA) is 52.3 Å². The van der Waals surface area contributed by atoms with Crippen molar-refractivity contribution in [3.8, 4) is 0 Å². The maximum absolute atomic E-state index is 11.0. The molecule has 0 unspecified atom stereocenters. The Balaban J connectivity index is 0.00000225. The monoisotopic (exact) mass is 243 g/mol. The van der Waals surface area contributed by atoms with E-state index in [1.165, 1.54) is 18.2 Å². The fourth-order valence-corrected chi connectivity index (χ4v) is 1.38. The molecule has 3 nitrogen and oxygen atoms in total. The smallest absolute Gasteiger partial charge is 0.307 e. The lowest BCUT2D eigenvalue weighted by Crippen LogP contribution is -2.16. The Labute approximate surface area is 102 Å². The van der Waals surface area contributed by atoms with Gasteiger partial charge >= 0.3 is 5.97 Å². The van der Waals surface area contributed by atoms with Crippen molar-refractivity contribution in [1.29, 1.82) is 0 Å². The molecule has 0 amide bonds. The molecular weight excluding hydrogens is 226 g/mol. The predicted molar refractivity (Wildman–Crippen MR) is 66.7 cm³/mol. The Morgan fingerprint density at radius 2 is 2.00 bits per heavy atom. The molecule has 0 radical (unpaired) electrons. The Bertz CT molecular complexity index is 366. The van der Waals surface area contributed by atoms with Crippen LogP contribution in [0.3, 0.4) is 0 Å². The van der Waals surface area contributed by atoms with Crippen LogP contribution in [-0.4, -0.2) is 13.1 Å². The minimum atomic E-state index is -0.281. The summed E-state index contributed by atoms with van der Waals surface area (Å²) in [6.07, 6.45) is 0.221. The number of carbonyl (C=O) groups excluding carboxylic acids is 1. The van der Waals surface area contributed by atoms with Gasteiger partial charge in [0.2, 0.25) is 0 Å². The average Bonchev–Trinajstić information content (AvgIpc) is 2.21. The summed E-state index contributed by atoms with van der Waals surface area (Å²) in [6.45, 7) is 4.08. The highest BCUT2D eigenvalue weighted by atomic mass is 35.5. The first-order chi connectivity index (χ1) is 7.04. The Hall–Kier alpha value is -1.06. The van der Waals surface area contributed by atoms with Crippen molar-refractivity contribution in [3.05, 3.63) is 34.9 Å². The van der Waals surface area contributed by atoms with Crippen molar-refractivity contribution in [3.63, 3.8) is 0 Å². The van der Waals surface area contributed by atoms with Gasteiger partial charge in [-0.2, -0.15) is 0 Å². The molecule has 0 aliphatic rings. The second-order valence-corrected chi connectivity index (χ2v) is 3.73. The molecule has 2 N–H and O–H groups in total. The molecular formula is C12H18ClNO2. The highest BCUT2D eigenvalue weighted by Gasteiger charge is 2.12. The molecule has 0 bridgehead atoms. The van der Waals surface area contributed by atoms with E-state index in [1.807, 2.05) is 32.0 Å². The van der Waals surface area contributed by atoms with Gasteiger partial charge in [0.1, 0.15) is 0 Å². The van der Waals surface area contributed by atoms with E-state index in [0.717, 1.165) is 5.56 Å². The summed E-state index contributed by atoms with van der Waals surface area (Å²) in [5, 5.41) is 0. The normalized spacial score (nSPS) is 11.5. The number of rotatable bonds is 3. The van der Waals surface area contributed by atoms with E-state index in [4.69, 9.17) is 5.73 Å². The van der Waals surface area contributed by atoms with Crippen molar-refractivity contribution < 1.29 is 9.53 Å². The van der Waals surface area contributed by atoms with Gasteiger partial charge in [-0.15, -0.1) is 12.4 Å². The summed E-state index contributed by atoms with van der Waals surface area (Å²) in [6, 6.07) is 5.71. The zero-order chi connectivity index (χ0) is 11.4. The molecule has 0 saturated carbocycles. The van der Waals surface area contributed by atoms with Gasteiger partial charge in [-0.25, -0.2) is 0 Å². The molecule has 0 spiro atoms. The van der Waals surface area contributed by atoms with Crippen molar-refractivity contribution >= 4 is 18.4 Å². The van der Waals surface area contributed by atoms with Gasteiger partial charge in [0.05, 0.1) is 13.5 Å². The zero-order valence-electron chi connectivity index (χ0n) is 9.82. The number of hydrogen-bond acceptors (Lipinski definition) is 3. The molecule has 0 aromatic heterocycles. The zero-order valence-corrected chi connectivity index (χ0v) is 10.6. The van der Waals surface area contributed by atoms with E-state index >= 15 is 0 Å². The highest BCUT2D eigenvalue weighted by Crippen LogP contribution is 2.18. The van der Waals surface area contributed by atoms with E-state index in [1.54, 1.807) is 0 Å². The minimum Gasteiger partial charge on any atom is -0.469 e. The van der Waals surface area contributed by atoms with Gasteiger partial charge in [-0.05, 0) is 30.5 Å². The molecule has 16 heavy (non-hydrogen) atoms. The standard InChI is InChI=1S/C12H17NO2.ClH/c1-8-4-5-10(6-9(8)2)11(13)7-12(14)15-3;/h4-6,11H,7,13H2,1-3H3;1H/t11-;/m1./s1. The molecule has 1 atom stereocenters. The maximum atomic E-state index is 11.0. The summed E-state index contributed by atoms with van der Waals surface area (Å²) in [5.41, 5.74) is 9.28. The van der Waals surface area contributed by atoms with E-state index in [0.29, 0.717) is 0 Å². The summed E-state index contributed by atoms with van der Waals surface area (Å²) in [4.78, 5) is 11.0. The van der Waals surface area contributed by atoms with Crippen molar-refractivity contribution in [2.24, 2.45) is 5.73 Å². The summed E-state index contributed by atoms with van der Waals surface area (Å²) in [7, 11) is 1.37. The first-order valence-corrected chi connectivity index (χ1v) is 4.94. The van der Waals surface area contributed by atoms with Crippen LogP contribution in [0.4, 0.5) is 0 Å². The number of hydrogen-bond donors (Lipinski definition) is 1. The number of nitrogens with two attached hydrogens (primary N) is 1. The second-order valence-electron chi connectivity index (χ2n) is 3.73.